The molecule has 1 heterocycles. The molecule has 150 valence electrons. The highest BCUT2D eigenvalue weighted by Crippen LogP contribution is 2.32. The first kappa shape index (κ1) is 20.0. The number of hydrogen-bond acceptors (Lipinski definition) is 2. The molecule has 2 N–H and O–H groups in total. The van der Waals surface area contributed by atoms with Crippen LogP contribution < -0.4 is 15.5 Å². The third-order valence-corrected chi connectivity index (χ3v) is 4.67. The molecule has 1 fully saturated rings. The fraction of sp³-hybridized carbons (Fsp3) is 0.350. The molecule has 0 unspecified atom stereocenters. The highest BCUT2D eigenvalue weighted by molar-refractivity contribution is 5.93. The minimum Gasteiger partial charge on any atom is -0.370 e. The quantitative estimate of drug-likeness (QED) is 0.703. The molecule has 0 spiro atoms. The number of carbonyl (C=O) groups excluding carboxylic acids is 1. The fourth-order valence-corrected chi connectivity index (χ4v) is 3.30. The molecule has 2 aromatic rings. The van der Waals surface area contributed by atoms with Crippen molar-refractivity contribution in [2.75, 3.05) is 23.3 Å². The summed E-state index contributed by atoms with van der Waals surface area (Å²) in [6.45, 7) is 1.42. The van der Waals surface area contributed by atoms with Crippen LogP contribution in [-0.4, -0.2) is 19.1 Å². The summed E-state index contributed by atoms with van der Waals surface area (Å²) in [5.41, 5.74) is 0.182. The molecule has 28 heavy (non-hydrogen) atoms. The van der Waals surface area contributed by atoms with Crippen molar-refractivity contribution in [3.63, 3.8) is 0 Å². The van der Waals surface area contributed by atoms with Crippen molar-refractivity contribution >= 4 is 17.4 Å². The summed E-state index contributed by atoms with van der Waals surface area (Å²) in [5, 5.41) is 5.12. The average molecular weight is 395 g/mol. The average Bonchev–Trinajstić information content (AvgIpc) is 2.67. The van der Waals surface area contributed by atoms with Crippen LogP contribution in [0.1, 0.15) is 30.4 Å². The highest BCUT2D eigenvalue weighted by Gasteiger charge is 2.33. The van der Waals surface area contributed by atoms with E-state index < -0.39 is 23.6 Å². The number of anilines is 2. The minimum atomic E-state index is -4.70. The van der Waals surface area contributed by atoms with Crippen LogP contribution >= 0.6 is 0 Å². The molecule has 2 amide bonds. The second-order valence-electron chi connectivity index (χ2n) is 6.67. The second kappa shape index (κ2) is 8.50. The number of halogens is 4. The molecule has 1 saturated heterocycles. The van der Waals surface area contributed by atoms with E-state index in [1.54, 1.807) is 12.1 Å². The van der Waals surface area contributed by atoms with Gasteiger partial charge in [-0.2, -0.15) is 13.2 Å². The lowest BCUT2D eigenvalue weighted by molar-refractivity contribution is -0.138. The van der Waals surface area contributed by atoms with Crippen molar-refractivity contribution in [1.82, 2.24) is 5.32 Å². The Morgan fingerprint density at radius 2 is 1.75 bits per heavy atom. The fourth-order valence-electron chi connectivity index (χ4n) is 3.30. The molecule has 0 atom stereocenters. The number of benzene rings is 2. The number of nitrogens with zero attached hydrogens (tertiary/aromatic N) is 1. The molecule has 2 aromatic carbocycles. The maximum atomic E-state index is 13.2. The maximum absolute atomic E-state index is 13.2. The first-order chi connectivity index (χ1) is 13.3. The van der Waals surface area contributed by atoms with E-state index in [-0.39, 0.29) is 12.1 Å². The van der Waals surface area contributed by atoms with E-state index in [1.165, 1.54) is 6.42 Å². The van der Waals surface area contributed by atoms with E-state index >= 15 is 0 Å². The number of rotatable bonds is 4. The molecule has 0 radical (unpaired) electrons. The Morgan fingerprint density at radius 3 is 2.46 bits per heavy atom. The zero-order valence-corrected chi connectivity index (χ0v) is 15.2. The van der Waals surface area contributed by atoms with Gasteiger partial charge in [-0.25, -0.2) is 9.18 Å². The van der Waals surface area contributed by atoms with E-state index in [0.29, 0.717) is 11.8 Å². The molecule has 3 rings (SSSR count). The summed E-state index contributed by atoms with van der Waals surface area (Å²) in [6, 6.07) is 9.09. The van der Waals surface area contributed by atoms with Crippen LogP contribution in [0.5, 0.6) is 0 Å². The van der Waals surface area contributed by atoms with Gasteiger partial charge in [0, 0.05) is 19.6 Å². The van der Waals surface area contributed by atoms with E-state index in [2.05, 4.69) is 15.5 Å². The third-order valence-electron chi connectivity index (χ3n) is 4.67. The van der Waals surface area contributed by atoms with E-state index in [9.17, 15) is 22.4 Å². The zero-order valence-electron chi connectivity index (χ0n) is 15.2. The summed E-state index contributed by atoms with van der Waals surface area (Å²) < 4.78 is 52.4. The number of amides is 2. The monoisotopic (exact) mass is 395 g/mol. The van der Waals surface area contributed by atoms with Crippen LogP contribution in [0.15, 0.2) is 42.5 Å². The van der Waals surface area contributed by atoms with Gasteiger partial charge in [0.1, 0.15) is 5.82 Å². The number of para-hydroxylation sites is 2. The molecule has 1 aliphatic rings. The van der Waals surface area contributed by atoms with Crippen molar-refractivity contribution in [3.05, 3.63) is 59.4 Å². The van der Waals surface area contributed by atoms with Crippen LogP contribution in [0.25, 0.3) is 0 Å². The Bertz CT molecular complexity index is 832. The second-order valence-corrected chi connectivity index (χ2v) is 6.67. The largest absolute Gasteiger partial charge is 0.416 e. The Balaban J connectivity index is 1.68. The van der Waals surface area contributed by atoms with Gasteiger partial charge in [-0.3, -0.25) is 0 Å². The first-order valence-corrected chi connectivity index (χ1v) is 9.09. The van der Waals surface area contributed by atoms with Crippen LogP contribution in [0.4, 0.5) is 33.7 Å². The van der Waals surface area contributed by atoms with Crippen LogP contribution in [0.3, 0.4) is 0 Å². The predicted octanol–water partition coefficient (Wildman–Crippen LogP) is 5.16. The molecule has 0 aromatic heterocycles. The van der Waals surface area contributed by atoms with Gasteiger partial charge < -0.3 is 15.5 Å². The molecule has 4 nitrogen and oxygen atoms in total. The summed E-state index contributed by atoms with van der Waals surface area (Å²) >= 11 is 0. The lowest BCUT2D eigenvalue weighted by Gasteiger charge is -2.30. The Hall–Kier alpha value is -2.77. The predicted molar refractivity (Wildman–Crippen MR) is 99.8 cm³/mol. The summed E-state index contributed by atoms with van der Waals surface area (Å²) in [6.07, 6.45) is -1.38. The molecule has 0 saturated carbocycles. The van der Waals surface area contributed by atoms with Crippen molar-refractivity contribution in [1.29, 1.82) is 0 Å². The summed E-state index contributed by atoms with van der Waals surface area (Å²) in [7, 11) is 0. The molecule has 0 aliphatic carbocycles. The van der Waals surface area contributed by atoms with E-state index in [0.717, 1.165) is 43.8 Å². The van der Waals surface area contributed by atoms with Gasteiger partial charge in [0.15, 0.2) is 0 Å². The highest BCUT2D eigenvalue weighted by atomic mass is 19.4. The SMILES string of the molecule is O=C(NCc1ccc(F)cc1C(F)(F)F)Nc1ccccc1N1CCCCC1. The Kier molecular flexibility index (Phi) is 6.06. The lowest BCUT2D eigenvalue weighted by atomic mass is 10.1. The number of piperidine rings is 1. The van der Waals surface area contributed by atoms with Crippen molar-refractivity contribution in [2.45, 2.75) is 32.0 Å². The number of nitrogens with one attached hydrogen (secondary N) is 2. The van der Waals surface area contributed by atoms with Gasteiger partial charge in [0.25, 0.3) is 0 Å². The smallest absolute Gasteiger partial charge is 0.370 e. The molecular weight excluding hydrogens is 374 g/mol. The van der Waals surface area contributed by atoms with Crippen molar-refractivity contribution in [3.8, 4) is 0 Å². The normalized spacial score (nSPS) is 14.6. The first-order valence-electron chi connectivity index (χ1n) is 9.09. The molecule has 8 heteroatoms. The van der Waals surface area contributed by atoms with E-state index in [4.69, 9.17) is 0 Å². The molecular formula is C20H21F4N3O. The van der Waals surface area contributed by atoms with Crippen LogP contribution in [0.2, 0.25) is 0 Å². The van der Waals surface area contributed by atoms with Crippen molar-refractivity contribution in [2.24, 2.45) is 0 Å². The maximum Gasteiger partial charge on any atom is 0.416 e. The van der Waals surface area contributed by atoms with Crippen LogP contribution in [0, 0.1) is 5.82 Å². The van der Waals surface area contributed by atoms with Crippen molar-refractivity contribution < 1.29 is 22.4 Å². The number of hydrogen-bond donors (Lipinski definition) is 2. The standard InChI is InChI=1S/C20H21F4N3O/c21-15-9-8-14(16(12-15)20(22,23)24)13-25-19(28)26-17-6-2-3-7-18(17)27-10-4-1-5-11-27/h2-3,6-9,12H,1,4-5,10-11,13H2,(H2,25,26,28). The van der Waals surface area contributed by atoms with E-state index in [1.807, 2.05) is 12.1 Å². The van der Waals surface area contributed by atoms with Gasteiger partial charge >= 0.3 is 12.2 Å². The Labute approximate surface area is 160 Å². The lowest BCUT2D eigenvalue weighted by Crippen LogP contribution is -2.32. The third kappa shape index (κ3) is 4.94. The number of urea groups is 1. The van der Waals surface area contributed by atoms with Gasteiger partial charge in [0.05, 0.1) is 16.9 Å². The topological polar surface area (TPSA) is 44.4 Å². The van der Waals surface area contributed by atoms with Gasteiger partial charge in [-0.1, -0.05) is 18.2 Å². The molecule has 1 aliphatic heterocycles. The number of alkyl halides is 3. The zero-order chi connectivity index (χ0) is 20.1. The number of carbonyl (C=O) groups is 1. The minimum absolute atomic E-state index is 0.201. The van der Waals surface area contributed by atoms with Crippen LogP contribution in [-0.2, 0) is 12.7 Å². The molecule has 0 bridgehead atoms. The summed E-state index contributed by atoms with van der Waals surface area (Å²) in [4.78, 5) is 14.4. The Morgan fingerprint density at radius 1 is 1.04 bits per heavy atom. The summed E-state index contributed by atoms with van der Waals surface area (Å²) in [5.74, 6) is -0.976. The van der Waals surface area contributed by atoms with Gasteiger partial charge in [-0.15, -0.1) is 0 Å². The van der Waals surface area contributed by atoms with Gasteiger partial charge in [0.2, 0.25) is 0 Å². The van der Waals surface area contributed by atoms with Gasteiger partial charge in [-0.05, 0) is 49.1 Å².